The van der Waals surface area contributed by atoms with Gasteiger partial charge in [0.05, 0.1) is 24.0 Å². The van der Waals surface area contributed by atoms with Crippen LogP contribution in [-0.2, 0) is 14.3 Å². The number of hydrogen-bond donors (Lipinski definition) is 3. The van der Waals surface area contributed by atoms with Crippen LogP contribution in [0.4, 0.5) is 5.95 Å². The Bertz CT molecular complexity index is 1250. The molecule has 0 spiro atoms. The molecule has 1 aliphatic rings. The van der Waals surface area contributed by atoms with Gasteiger partial charge in [-0.15, -0.1) is 0 Å². The third kappa shape index (κ3) is 7.34. The van der Waals surface area contributed by atoms with Crippen LogP contribution in [-0.4, -0.2) is 64.4 Å². The van der Waals surface area contributed by atoms with Crippen LogP contribution in [0, 0.1) is 0 Å². The van der Waals surface area contributed by atoms with E-state index in [-0.39, 0.29) is 36.7 Å². The van der Waals surface area contributed by atoms with Crippen molar-refractivity contribution in [3.63, 3.8) is 0 Å². The zero-order valence-corrected chi connectivity index (χ0v) is 22.4. The summed E-state index contributed by atoms with van der Waals surface area (Å²) in [5.41, 5.74) is 2.73. The first kappa shape index (κ1) is 27.2. The molecule has 0 bridgehead atoms. The highest BCUT2D eigenvalue weighted by atomic mass is 16.6. The van der Waals surface area contributed by atoms with Gasteiger partial charge in [0.25, 0.3) is 5.91 Å². The maximum Gasteiger partial charge on any atom is 0.306 e. The number of para-hydroxylation sites is 2. The van der Waals surface area contributed by atoms with Gasteiger partial charge in [0.15, 0.2) is 0 Å². The Morgan fingerprint density at radius 3 is 2.61 bits per heavy atom. The fourth-order valence-corrected chi connectivity index (χ4v) is 4.68. The number of unbranched alkanes of at least 4 members (excludes halogenated alkanes) is 1. The Labute approximate surface area is 223 Å². The number of anilines is 1. The monoisotopic (exact) mass is 519 g/mol. The van der Waals surface area contributed by atoms with Crippen LogP contribution in [0.25, 0.3) is 11.0 Å². The normalized spacial score (nSPS) is 15.6. The Kier molecular flexibility index (Phi) is 8.66. The van der Waals surface area contributed by atoms with Crippen LogP contribution in [0.3, 0.4) is 0 Å². The highest BCUT2D eigenvalue weighted by Crippen LogP contribution is 2.32. The summed E-state index contributed by atoms with van der Waals surface area (Å²) in [4.78, 5) is 47.7. The minimum Gasteiger partial charge on any atom is -0.460 e. The molecule has 2 amide bonds. The van der Waals surface area contributed by atoms with Crippen LogP contribution in [0.5, 0.6) is 0 Å². The van der Waals surface area contributed by atoms with Crippen molar-refractivity contribution < 1.29 is 19.1 Å². The average Bonchev–Trinajstić information content (AvgIpc) is 3.24. The largest absolute Gasteiger partial charge is 0.460 e. The molecule has 0 radical (unpaired) electrons. The second-order valence-electron chi connectivity index (χ2n) is 10.7. The second-order valence-corrected chi connectivity index (χ2v) is 10.7. The molecule has 1 aliphatic heterocycles. The van der Waals surface area contributed by atoms with Crippen molar-refractivity contribution in [1.29, 1.82) is 0 Å². The van der Waals surface area contributed by atoms with E-state index in [0.717, 1.165) is 41.9 Å². The number of fused-ring (bicyclic) bond motifs is 2. The van der Waals surface area contributed by atoms with E-state index >= 15 is 0 Å². The van der Waals surface area contributed by atoms with E-state index in [2.05, 4.69) is 20.6 Å². The number of benzene rings is 2. The van der Waals surface area contributed by atoms with Crippen LogP contribution in [0.2, 0.25) is 0 Å². The van der Waals surface area contributed by atoms with Gasteiger partial charge in [0.1, 0.15) is 5.60 Å². The minimum atomic E-state index is -0.565. The number of carbonyl (C=O) groups excluding carboxylic acids is 3. The predicted octanol–water partition coefficient (Wildman–Crippen LogP) is 4.23. The molecular weight excluding hydrogens is 482 g/mol. The highest BCUT2D eigenvalue weighted by Gasteiger charge is 2.31. The van der Waals surface area contributed by atoms with E-state index < -0.39 is 5.60 Å². The molecule has 3 N–H and O–H groups in total. The number of hydrogen-bond acceptors (Lipinski definition) is 6. The topological polar surface area (TPSA) is 116 Å². The fraction of sp³-hybridized carbons (Fsp3) is 0.448. The van der Waals surface area contributed by atoms with Crippen molar-refractivity contribution >= 4 is 34.8 Å². The smallest absolute Gasteiger partial charge is 0.306 e. The zero-order chi connectivity index (χ0) is 27.1. The van der Waals surface area contributed by atoms with Gasteiger partial charge in [-0.3, -0.25) is 14.4 Å². The Morgan fingerprint density at radius 2 is 1.82 bits per heavy atom. The maximum absolute atomic E-state index is 13.3. The van der Waals surface area contributed by atoms with Gasteiger partial charge in [-0.1, -0.05) is 30.3 Å². The van der Waals surface area contributed by atoms with Gasteiger partial charge in [-0.05, 0) is 69.7 Å². The summed E-state index contributed by atoms with van der Waals surface area (Å²) in [6.07, 6.45) is 2.44. The van der Waals surface area contributed by atoms with Crippen LogP contribution < -0.4 is 10.6 Å². The molecule has 9 nitrogen and oxygen atoms in total. The molecule has 1 unspecified atom stereocenters. The van der Waals surface area contributed by atoms with Crippen molar-refractivity contribution in [2.24, 2.45) is 0 Å². The number of amides is 2. The molecular formula is C29H37N5O4. The number of aromatic nitrogens is 2. The van der Waals surface area contributed by atoms with Gasteiger partial charge in [0.2, 0.25) is 11.9 Å². The lowest BCUT2D eigenvalue weighted by Gasteiger charge is -2.22. The van der Waals surface area contributed by atoms with Gasteiger partial charge < -0.3 is 25.3 Å². The van der Waals surface area contributed by atoms with Crippen molar-refractivity contribution in [2.75, 3.05) is 31.5 Å². The van der Waals surface area contributed by atoms with Crippen molar-refractivity contribution in [3.05, 3.63) is 59.7 Å². The van der Waals surface area contributed by atoms with Crippen LogP contribution in [0.15, 0.2) is 48.5 Å². The molecule has 38 heavy (non-hydrogen) atoms. The zero-order valence-electron chi connectivity index (χ0n) is 22.4. The third-order valence-electron chi connectivity index (χ3n) is 6.44. The van der Waals surface area contributed by atoms with Crippen LogP contribution >= 0.6 is 0 Å². The van der Waals surface area contributed by atoms with Crippen molar-refractivity contribution in [1.82, 2.24) is 20.2 Å². The molecule has 3 aromatic rings. The minimum absolute atomic E-state index is 0.0104. The first-order valence-electron chi connectivity index (χ1n) is 13.2. The standard InChI is InChI=1S/C29H37N5O4/c1-29(2,3)38-26(36)18-20-14-17-34(27(37)22-11-5-4-10-21(20)22)19-25(35)30-15-8-9-16-31-28-32-23-12-6-7-13-24(23)33-28/h4-7,10-13,20H,8-9,14-19H2,1-3H3,(H,30,35)(H2,31,32,33). The number of nitrogens with one attached hydrogen (secondary N) is 3. The van der Waals surface area contributed by atoms with Crippen molar-refractivity contribution in [3.8, 4) is 0 Å². The average molecular weight is 520 g/mol. The van der Waals surface area contributed by atoms with Gasteiger partial charge in [-0.25, -0.2) is 4.98 Å². The first-order valence-corrected chi connectivity index (χ1v) is 13.2. The summed E-state index contributed by atoms with van der Waals surface area (Å²) in [5.74, 6) is -0.0626. The quantitative estimate of drug-likeness (QED) is 0.273. The summed E-state index contributed by atoms with van der Waals surface area (Å²) in [6, 6.07) is 15.2. The summed E-state index contributed by atoms with van der Waals surface area (Å²) in [6.45, 7) is 7.17. The fourth-order valence-electron chi connectivity index (χ4n) is 4.68. The van der Waals surface area contributed by atoms with E-state index in [1.807, 2.05) is 63.2 Å². The SMILES string of the molecule is CC(C)(C)OC(=O)CC1CCN(CC(=O)NCCCCNc2nc3ccccc3[nH]2)C(=O)c2ccccc21. The number of nitrogens with zero attached hydrogens (tertiary/aromatic N) is 2. The summed E-state index contributed by atoms with van der Waals surface area (Å²) >= 11 is 0. The number of carbonyl (C=O) groups is 3. The third-order valence-corrected chi connectivity index (χ3v) is 6.44. The molecule has 4 rings (SSSR count). The molecule has 0 saturated carbocycles. The molecule has 2 heterocycles. The van der Waals surface area contributed by atoms with E-state index in [1.54, 1.807) is 11.0 Å². The summed E-state index contributed by atoms with van der Waals surface area (Å²) < 4.78 is 5.51. The van der Waals surface area contributed by atoms with Gasteiger partial charge in [-0.2, -0.15) is 0 Å². The molecule has 1 aromatic heterocycles. The van der Waals surface area contributed by atoms with Crippen molar-refractivity contribution in [2.45, 2.75) is 58.0 Å². The number of H-pyrrole nitrogens is 1. The lowest BCUT2D eigenvalue weighted by Crippen LogP contribution is -2.41. The van der Waals surface area contributed by atoms with E-state index in [1.165, 1.54) is 0 Å². The molecule has 0 saturated heterocycles. The number of rotatable bonds is 10. The molecule has 0 aliphatic carbocycles. The van der Waals surface area contributed by atoms with E-state index in [9.17, 15) is 14.4 Å². The Balaban J connectivity index is 1.23. The lowest BCUT2D eigenvalue weighted by atomic mass is 9.90. The lowest BCUT2D eigenvalue weighted by molar-refractivity contribution is -0.155. The maximum atomic E-state index is 13.3. The molecule has 1 atom stereocenters. The number of esters is 1. The molecule has 0 fully saturated rings. The van der Waals surface area contributed by atoms with E-state index in [0.29, 0.717) is 25.1 Å². The highest BCUT2D eigenvalue weighted by molar-refractivity contribution is 5.98. The second kappa shape index (κ2) is 12.1. The molecule has 202 valence electrons. The molecule has 9 heteroatoms. The summed E-state index contributed by atoms with van der Waals surface area (Å²) in [5, 5.41) is 6.20. The van der Waals surface area contributed by atoms with Gasteiger partial charge >= 0.3 is 5.97 Å². The number of aromatic amines is 1. The Morgan fingerprint density at radius 1 is 1.08 bits per heavy atom. The predicted molar refractivity (Wildman–Crippen MR) is 147 cm³/mol. The van der Waals surface area contributed by atoms with Gasteiger partial charge in [0, 0.05) is 25.2 Å². The number of imidazole rings is 1. The Hall–Kier alpha value is -3.88. The molecule has 2 aromatic carbocycles. The van der Waals surface area contributed by atoms with E-state index in [4.69, 9.17) is 4.74 Å². The van der Waals surface area contributed by atoms with Crippen LogP contribution in [0.1, 0.15) is 68.3 Å². The number of ether oxygens (including phenoxy) is 1. The first-order chi connectivity index (χ1) is 18.2. The summed E-state index contributed by atoms with van der Waals surface area (Å²) in [7, 11) is 0.